The largest absolute Gasteiger partial charge is 0.493 e. The minimum absolute atomic E-state index is 0.0811. The zero-order valence-electron chi connectivity index (χ0n) is 17.2. The van der Waals surface area contributed by atoms with Gasteiger partial charge in [0.15, 0.2) is 11.5 Å². The third-order valence-electron chi connectivity index (χ3n) is 5.03. The number of methoxy groups -OCH3 is 3. The number of hydrogen-bond donors (Lipinski definition) is 2. The molecule has 1 aliphatic rings. The van der Waals surface area contributed by atoms with Gasteiger partial charge in [-0.3, -0.25) is 4.79 Å². The second kappa shape index (κ2) is 8.39. The van der Waals surface area contributed by atoms with Gasteiger partial charge >= 0.3 is 0 Å². The van der Waals surface area contributed by atoms with Gasteiger partial charge in [0.05, 0.1) is 39.4 Å². The van der Waals surface area contributed by atoms with Gasteiger partial charge in [0.1, 0.15) is 17.4 Å². The first kappa shape index (κ1) is 21.1. The van der Waals surface area contributed by atoms with Crippen LogP contribution in [0.3, 0.4) is 0 Å². The molecule has 1 aliphatic heterocycles. The standard InChI is InChI=1S/C21H23N3O6/c1-11-7-14-18(21(26)24(11)5-6-25)17(13(10-22)20(23)30-14)12-8-15(27-2)19(29-4)16(9-12)28-3/h7-9,17,25H,5-6,23H2,1-4H3. The molecule has 3 rings (SSSR count). The maximum absolute atomic E-state index is 13.3. The highest BCUT2D eigenvalue weighted by atomic mass is 16.5. The molecule has 0 radical (unpaired) electrons. The van der Waals surface area contributed by atoms with Gasteiger partial charge in [-0.25, -0.2) is 0 Å². The summed E-state index contributed by atoms with van der Waals surface area (Å²) in [7, 11) is 4.44. The van der Waals surface area contributed by atoms with E-state index in [-0.39, 0.29) is 41.5 Å². The Morgan fingerprint density at radius 2 is 1.83 bits per heavy atom. The molecule has 9 heteroatoms. The van der Waals surface area contributed by atoms with Crippen LogP contribution in [-0.4, -0.2) is 37.6 Å². The van der Waals surface area contributed by atoms with Gasteiger partial charge in [-0.15, -0.1) is 0 Å². The molecule has 30 heavy (non-hydrogen) atoms. The Labute approximate surface area is 173 Å². The number of nitrogens with zero attached hydrogens (tertiary/aromatic N) is 2. The number of rotatable bonds is 6. The van der Waals surface area contributed by atoms with E-state index in [1.807, 2.05) is 0 Å². The fourth-order valence-corrected chi connectivity index (χ4v) is 3.67. The van der Waals surface area contributed by atoms with Gasteiger partial charge in [-0.2, -0.15) is 5.26 Å². The topological polar surface area (TPSA) is 129 Å². The van der Waals surface area contributed by atoms with Crippen LogP contribution in [0.5, 0.6) is 23.0 Å². The molecule has 1 aromatic carbocycles. The van der Waals surface area contributed by atoms with Crippen LogP contribution >= 0.6 is 0 Å². The number of aliphatic hydroxyl groups excluding tert-OH is 1. The Bertz CT molecular complexity index is 1090. The predicted molar refractivity (Wildman–Crippen MR) is 108 cm³/mol. The van der Waals surface area contributed by atoms with E-state index < -0.39 is 5.92 Å². The molecule has 2 aromatic rings. The fraction of sp³-hybridized carbons (Fsp3) is 0.333. The summed E-state index contributed by atoms with van der Waals surface area (Å²) < 4.78 is 23.3. The molecule has 1 atom stereocenters. The Balaban J connectivity index is 2.36. The first-order chi connectivity index (χ1) is 14.4. The van der Waals surface area contributed by atoms with Crippen LogP contribution in [0.4, 0.5) is 0 Å². The quantitative estimate of drug-likeness (QED) is 0.727. The summed E-state index contributed by atoms with van der Waals surface area (Å²) in [4.78, 5) is 13.3. The van der Waals surface area contributed by atoms with E-state index in [0.29, 0.717) is 28.5 Å². The molecule has 158 valence electrons. The number of fused-ring (bicyclic) bond motifs is 1. The summed E-state index contributed by atoms with van der Waals surface area (Å²) in [5.41, 5.74) is 7.13. The first-order valence-electron chi connectivity index (χ1n) is 9.14. The Kier molecular flexibility index (Phi) is 5.89. The van der Waals surface area contributed by atoms with E-state index >= 15 is 0 Å². The highest BCUT2D eigenvalue weighted by Gasteiger charge is 2.35. The molecule has 3 N–H and O–H groups in total. The molecule has 2 heterocycles. The van der Waals surface area contributed by atoms with Gasteiger partial charge < -0.3 is 34.4 Å². The minimum atomic E-state index is -0.814. The molecular formula is C21H23N3O6. The van der Waals surface area contributed by atoms with Crippen LogP contribution in [0.1, 0.15) is 22.7 Å². The van der Waals surface area contributed by atoms with Gasteiger partial charge in [0.2, 0.25) is 11.6 Å². The average molecular weight is 413 g/mol. The molecular weight excluding hydrogens is 390 g/mol. The van der Waals surface area contributed by atoms with E-state index in [1.165, 1.54) is 25.9 Å². The number of aromatic nitrogens is 1. The van der Waals surface area contributed by atoms with Crippen LogP contribution in [0.15, 0.2) is 34.4 Å². The molecule has 1 unspecified atom stereocenters. The molecule has 1 aromatic heterocycles. The number of hydrogen-bond acceptors (Lipinski definition) is 8. The Morgan fingerprint density at radius 3 is 2.33 bits per heavy atom. The third kappa shape index (κ3) is 3.31. The van der Waals surface area contributed by atoms with Crippen molar-refractivity contribution >= 4 is 0 Å². The van der Waals surface area contributed by atoms with Crippen molar-refractivity contribution in [3.63, 3.8) is 0 Å². The van der Waals surface area contributed by atoms with Crippen LogP contribution in [-0.2, 0) is 6.54 Å². The molecule has 0 aliphatic carbocycles. The van der Waals surface area contributed by atoms with E-state index in [2.05, 4.69) is 6.07 Å². The van der Waals surface area contributed by atoms with Gasteiger partial charge in [-0.1, -0.05) is 0 Å². The summed E-state index contributed by atoms with van der Waals surface area (Å²) in [6, 6.07) is 7.06. The Hall–Kier alpha value is -3.64. The van der Waals surface area contributed by atoms with Gasteiger partial charge in [0, 0.05) is 18.3 Å². The molecule has 0 saturated carbocycles. The first-order valence-corrected chi connectivity index (χ1v) is 9.14. The number of benzene rings is 1. The molecule has 0 bridgehead atoms. The van der Waals surface area contributed by atoms with Crippen molar-refractivity contribution in [2.75, 3.05) is 27.9 Å². The van der Waals surface area contributed by atoms with E-state index in [9.17, 15) is 15.2 Å². The Morgan fingerprint density at radius 1 is 1.20 bits per heavy atom. The lowest BCUT2D eigenvalue weighted by Crippen LogP contribution is -2.33. The van der Waals surface area contributed by atoms with Crippen molar-refractivity contribution < 1.29 is 24.1 Å². The second-order valence-corrected chi connectivity index (χ2v) is 6.63. The summed E-state index contributed by atoms with van der Waals surface area (Å²) >= 11 is 0. The maximum atomic E-state index is 13.3. The molecule has 0 amide bonds. The average Bonchev–Trinajstić information content (AvgIpc) is 2.74. The summed E-state index contributed by atoms with van der Waals surface area (Å²) in [5.74, 6) is 0.500. The van der Waals surface area contributed by atoms with Crippen LogP contribution < -0.4 is 30.2 Å². The number of nitriles is 1. The lowest BCUT2D eigenvalue weighted by Gasteiger charge is -2.28. The van der Waals surface area contributed by atoms with Crippen LogP contribution in [0, 0.1) is 18.3 Å². The summed E-state index contributed by atoms with van der Waals surface area (Å²) in [5, 5.41) is 19.2. The smallest absolute Gasteiger partial charge is 0.258 e. The van der Waals surface area contributed by atoms with Gasteiger partial charge in [-0.05, 0) is 24.6 Å². The number of pyridine rings is 1. The van der Waals surface area contributed by atoms with E-state index in [1.54, 1.807) is 25.1 Å². The van der Waals surface area contributed by atoms with Crippen molar-refractivity contribution in [1.29, 1.82) is 5.26 Å². The van der Waals surface area contributed by atoms with E-state index in [0.717, 1.165) is 0 Å². The molecule has 0 fully saturated rings. The number of nitrogens with two attached hydrogens (primary N) is 1. The lowest BCUT2D eigenvalue weighted by molar-refractivity contribution is 0.272. The zero-order chi connectivity index (χ0) is 22.0. The second-order valence-electron chi connectivity index (χ2n) is 6.63. The van der Waals surface area contributed by atoms with E-state index in [4.69, 9.17) is 24.7 Å². The zero-order valence-corrected chi connectivity index (χ0v) is 17.2. The normalized spacial score (nSPS) is 15.1. The van der Waals surface area contributed by atoms with Crippen molar-refractivity contribution in [2.24, 2.45) is 5.73 Å². The number of ether oxygens (including phenoxy) is 4. The third-order valence-corrected chi connectivity index (χ3v) is 5.03. The molecule has 9 nitrogen and oxygen atoms in total. The number of aryl methyl sites for hydroxylation is 1. The summed E-state index contributed by atoms with van der Waals surface area (Å²) in [6.07, 6.45) is 0. The predicted octanol–water partition coefficient (Wildman–Crippen LogP) is 1.39. The minimum Gasteiger partial charge on any atom is -0.493 e. The lowest BCUT2D eigenvalue weighted by atomic mass is 9.83. The summed E-state index contributed by atoms with van der Waals surface area (Å²) in [6.45, 7) is 1.63. The van der Waals surface area contributed by atoms with Crippen molar-refractivity contribution in [1.82, 2.24) is 4.57 Å². The SMILES string of the molecule is COc1cc(C2C(C#N)=C(N)Oc3cc(C)n(CCO)c(=O)c32)cc(OC)c1OC. The monoisotopic (exact) mass is 413 g/mol. The van der Waals surface area contributed by atoms with Crippen molar-refractivity contribution in [2.45, 2.75) is 19.4 Å². The number of allylic oxidation sites excluding steroid dienone is 1. The van der Waals surface area contributed by atoms with Crippen LogP contribution in [0.25, 0.3) is 0 Å². The van der Waals surface area contributed by atoms with Gasteiger partial charge in [0.25, 0.3) is 5.56 Å². The fourth-order valence-electron chi connectivity index (χ4n) is 3.67. The van der Waals surface area contributed by atoms with Crippen molar-refractivity contribution in [3.05, 3.63) is 56.8 Å². The highest BCUT2D eigenvalue weighted by molar-refractivity contribution is 5.61. The van der Waals surface area contributed by atoms with Crippen LogP contribution in [0.2, 0.25) is 0 Å². The maximum Gasteiger partial charge on any atom is 0.258 e. The highest BCUT2D eigenvalue weighted by Crippen LogP contribution is 2.46. The van der Waals surface area contributed by atoms with Crippen molar-refractivity contribution in [3.8, 4) is 29.1 Å². The number of aliphatic hydroxyl groups is 1. The molecule has 0 spiro atoms. The molecule has 0 saturated heterocycles.